The predicted octanol–water partition coefficient (Wildman–Crippen LogP) is 1.44. The Morgan fingerprint density at radius 2 is 2.25 bits per heavy atom. The molecule has 0 radical (unpaired) electrons. The minimum absolute atomic E-state index is 0.0833. The van der Waals surface area contributed by atoms with Crippen molar-refractivity contribution in [2.75, 3.05) is 0 Å². The van der Waals surface area contributed by atoms with E-state index in [-0.39, 0.29) is 11.0 Å². The van der Waals surface area contributed by atoms with E-state index in [0.29, 0.717) is 0 Å². The van der Waals surface area contributed by atoms with Gasteiger partial charge in [0.1, 0.15) is 6.26 Å². The SMILES string of the molecule is CC(C)(N)C1(c2ccon2)CC1. The van der Waals surface area contributed by atoms with Gasteiger partial charge in [-0.25, -0.2) is 0 Å². The molecule has 12 heavy (non-hydrogen) atoms. The first kappa shape index (κ1) is 7.80. The highest BCUT2D eigenvalue weighted by molar-refractivity contribution is 5.29. The fraction of sp³-hybridized carbons (Fsp3) is 0.667. The first-order chi connectivity index (χ1) is 5.56. The molecule has 1 aliphatic carbocycles. The highest BCUT2D eigenvalue weighted by Gasteiger charge is 2.55. The van der Waals surface area contributed by atoms with E-state index in [2.05, 4.69) is 19.0 Å². The van der Waals surface area contributed by atoms with E-state index >= 15 is 0 Å². The van der Waals surface area contributed by atoms with Crippen LogP contribution < -0.4 is 5.73 Å². The van der Waals surface area contributed by atoms with Gasteiger partial charge in [0.2, 0.25) is 0 Å². The van der Waals surface area contributed by atoms with E-state index in [4.69, 9.17) is 10.3 Å². The molecule has 0 atom stereocenters. The summed E-state index contributed by atoms with van der Waals surface area (Å²) in [7, 11) is 0. The van der Waals surface area contributed by atoms with E-state index in [1.807, 2.05) is 6.07 Å². The maximum absolute atomic E-state index is 6.09. The lowest BCUT2D eigenvalue weighted by Crippen LogP contribution is -2.45. The summed E-state index contributed by atoms with van der Waals surface area (Å²) in [6, 6.07) is 1.92. The molecule has 1 aromatic rings. The van der Waals surface area contributed by atoms with Crippen molar-refractivity contribution in [3.05, 3.63) is 18.0 Å². The van der Waals surface area contributed by atoms with Crippen molar-refractivity contribution in [3.8, 4) is 0 Å². The van der Waals surface area contributed by atoms with Gasteiger partial charge in [0.15, 0.2) is 0 Å². The summed E-state index contributed by atoms with van der Waals surface area (Å²) in [5.41, 5.74) is 6.99. The van der Waals surface area contributed by atoms with E-state index in [0.717, 1.165) is 18.5 Å². The quantitative estimate of drug-likeness (QED) is 0.723. The van der Waals surface area contributed by atoms with E-state index in [1.54, 1.807) is 6.26 Å². The first-order valence-corrected chi connectivity index (χ1v) is 4.26. The van der Waals surface area contributed by atoms with Gasteiger partial charge < -0.3 is 10.3 Å². The van der Waals surface area contributed by atoms with Crippen LogP contribution in [0.3, 0.4) is 0 Å². The molecule has 1 heterocycles. The molecular formula is C9H14N2O. The Labute approximate surface area is 71.9 Å². The highest BCUT2D eigenvalue weighted by atomic mass is 16.5. The van der Waals surface area contributed by atoms with Crippen LogP contribution in [0, 0.1) is 0 Å². The van der Waals surface area contributed by atoms with Crippen LogP contribution in [-0.2, 0) is 5.41 Å². The van der Waals surface area contributed by atoms with Crippen molar-refractivity contribution < 1.29 is 4.52 Å². The third kappa shape index (κ3) is 0.894. The number of rotatable bonds is 2. The highest BCUT2D eigenvalue weighted by Crippen LogP contribution is 2.53. The fourth-order valence-electron chi connectivity index (χ4n) is 1.81. The lowest BCUT2D eigenvalue weighted by Gasteiger charge is -2.28. The number of nitrogens with two attached hydrogens (primary N) is 1. The fourth-order valence-corrected chi connectivity index (χ4v) is 1.81. The second-order valence-electron chi connectivity index (χ2n) is 4.19. The summed E-state index contributed by atoms with van der Waals surface area (Å²) < 4.78 is 4.83. The third-order valence-corrected chi connectivity index (χ3v) is 2.91. The monoisotopic (exact) mass is 166 g/mol. The Morgan fingerprint density at radius 1 is 1.58 bits per heavy atom. The Morgan fingerprint density at radius 3 is 2.58 bits per heavy atom. The minimum Gasteiger partial charge on any atom is -0.364 e. The lowest BCUT2D eigenvalue weighted by atomic mass is 9.82. The normalized spacial score (nSPS) is 20.9. The van der Waals surface area contributed by atoms with Crippen LogP contribution in [0.5, 0.6) is 0 Å². The largest absolute Gasteiger partial charge is 0.364 e. The summed E-state index contributed by atoms with van der Waals surface area (Å²) in [5.74, 6) is 0. The Hall–Kier alpha value is -0.830. The zero-order chi connectivity index (χ0) is 8.82. The molecular weight excluding hydrogens is 152 g/mol. The van der Waals surface area contributed by atoms with Crippen LogP contribution in [0.1, 0.15) is 32.4 Å². The first-order valence-electron chi connectivity index (χ1n) is 4.26. The van der Waals surface area contributed by atoms with Crippen LogP contribution >= 0.6 is 0 Å². The van der Waals surface area contributed by atoms with Crippen LogP contribution in [0.2, 0.25) is 0 Å². The molecule has 0 aliphatic heterocycles. The zero-order valence-electron chi connectivity index (χ0n) is 7.50. The van der Waals surface area contributed by atoms with Crippen molar-refractivity contribution in [1.82, 2.24) is 5.16 Å². The van der Waals surface area contributed by atoms with E-state index in [9.17, 15) is 0 Å². The Bertz CT molecular complexity index is 267. The van der Waals surface area contributed by atoms with Gasteiger partial charge >= 0.3 is 0 Å². The van der Waals surface area contributed by atoms with Gasteiger partial charge in [-0.2, -0.15) is 0 Å². The molecule has 0 spiro atoms. The van der Waals surface area contributed by atoms with Crippen LogP contribution in [0.4, 0.5) is 0 Å². The molecule has 0 aromatic carbocycles. The van der Waals surface area contributed by atoms with Gasteiger partial charge in [0.25, 0.3) is 0 Å². The maximum atomic E-state index is 6.09. The summed E-state index contributed by atoms with van der Waals surface area (Å²) in [5, 5.41) is 3.96. The molecule has 1 saturated carbocycles. The van der Waals surface area contributed by atoms with Gasteiger partial charge in [-0.3, -0.25) is 0 Å². The second-order valence-corrected chi connectivity index (χ2v) is 4.19. The Kier molecular flexibility index (Phi) is 1.37. The van der Waals surface area contributed by atoms with E-state index in [1.165, 1.54) is 0 Å². The van der Waals surface area contributed by atoms with Crippen molar-refractivity contribution in [2.24, 2.45) is 5.73 Å². The second kappa shape index (κ2) is 2.10. The van der Waals surface area contributed by atoms with Gasteiger partial charge in [0, 0.05) is 17.0 Å². The van der Waals surface area contributed by atoms with Crippen LogP contribution in [-0.4, -0.2) is 10.7 Å². The molecule has 66 valence electrons. The van der Waals surface area contributed by atoms with Crippen molar-refractivity contribution in [2.45, 2.75) is 37.6 Å². The molecule has 0 bridgehead atoms. The average molecular weight is 166 g/mol. The molecule has 1 aliphatic rings. The van der Waals surface area contributed by atoms with Crippen molar-refractivity contribution in [3.63, 3.8) is 0 Å². The number of nitrogens with zero attached hydrogens (tertiary/aromatic N) is 1. The predicted molar refractivity (Wildman–Crippen MR) is 45.7 cm³/mol. The number of hydrogen-bond donors (Lipinski definition) is 1. The van der Waals surface area contributed by atoms with Crippen LogP contribution in [0.25, 0.3) is 0 Å². The standard InChI is InChI=1S/C9H14N2O/c1-8(2,10)9(4-5-9)7-3-6-12-11-7/h3,6H,4-5,10H2,1-2H3. The zero-order valence-corrected chi connectivity index (χ0v) is 7.50. The molecule has 2 rings (SSSR count). The van der Waals surface area contributed by atoms with Gasteiger partial charge in [-0.05, 0) is 26.7 Å². The van der Waals surface area contributed by atoms with Crippen molar-refractivity contribution >= 4 is 0 Å². The summed E-state index contributed by atoms with van der Waals surface area (Å²) in [6.07, 6.45) is 3.87. The molecule has 0 saturated heterocycles. The molecule has 3 nitrogen and oxygen atoms in total. The molecule has 0 amide bonds. The number of aromatic nitrogens is 1. The van der Waals surface area contributed by atoms with Gasteiger partial charge in [-0.1, -0.05) is 5.16 Å². The summed E-state index contributed by atoms with van der Waals surface area (Å²) in [6.45, 7) is 4.10. The van der Waals surface area contributed by atoms with Gasteiger partial charge in [-0.15, -0.1) is 0 Å². The minimum atomic E-state index is -0.191. The molecule has 1 aromatic heterocycles. The van der Waals surface area contributed by atoms with E-state index < -0.39 is 0 Å². The van der Waals surface area contributed by atoms with Gasteiger partial charge in [0.05, 0.1) is 5.69 Å². The van der Waals surface area contributed by atoms with Crippen LogP contribution in [0.15, 0.2) is 16.9 Å². The Balaban J connectivity index is 2.35. The molecule has 2 N–H and O–H groups in total. The third-order valence-electron chi connectivity index (χ3n) is 2.91. The summed E-state index contributed by atoms with van der Waals surface area (Å²) in [4.78, 5) is 0. The smallest absolute Gasteiger partial charge is 0.124 e. The summed E-state index contributed by atoms with van der Waals surface area (Å²) >= 11 is 0. The van der Waals surface area contributed by atoms with Crippen molar-refractivity contribution in [1.29, 1.82) is 0 Å². The maximum Gasteiger partial charge on any atom is 0.124 e. The average Bonchev–Trinajstić information content (AvgIpc) is 2.61. The topological polar surface area (TPSA) is 52.0 Å². The molecule has 1 fully saturated rings. The number of hydrogen-bond acceptors (Lipinski definition) is 3. The molecule has 3 heteroatoms. The lowest BCUT2D eigenvalue weighted by molar-refractivity contribution is 0.349. The molecule has 0 unspecified atom stereocenters.